The molecule has 2 heterocycles. The van der Waals surface area contributed by atoms with Crippen LogP contribution in [0.1, 0.15) is 11.1 Å². The Morgan fingerprint density at radius 3 is 2.10 bits per heavy atom. The molecule has 0 bridgehead atoms. The first-order chi connectivity index (χ1) is 14.5. The molecular weight excluding hydrogens is 396 g/mol. The van der Waals surface area contributed by atoms with Gasteiger partial charge in [0, 0.05) is 58.0 Å². The van der Waals surface area contributed by atoms with E-state index in [2.05, 4.69) is 52.8 Å². The number of halogens is 1. The highest BCUT2D eigenvalue weighted by Gasteiger charge is 2.25. The minimum atomic E-state index is 0.252. The summed E-state index contributed by atoms with van der Waals surface area (Å²) in [6, 6.07) is 14.5. The molecule has 0 radical (unpaired) electrons. The fourth-order valence-corrected chi connectivity index (χ4v) is 4.68. The quantitative estimate of drug-likeness (QED) is 0.749. The smallest absolute Gasteiger partial charge is 0.236 e. The number of hydrogen-bond donors (Lipinski definition) is 0. The standard InChI is InChI=1S/C24H31ClN4O/c1-19-6-5-9-22(20(19)2)27-14-16-29(17-15-27)24(30)18-26-10-12-28(13-11-26)23-8-4-3-7-21(23)25/h3-9H,10-18H2,1-2H3. The molecule has 0 aliphatic carbocycles. The summed E-state index contributed by atoms with van der Waals surface area (Å²) in [5.41, 5.74) is 5.06. The zero-order valence-electron chi connectivity index (χ0n) is 18.0. The maximum absolute atomic E-state index is 12.9. The topological polar surface area (TPSA) is 30.0 Å². The highest BCUT2D eigenvalue weighted by atomic mass is 35.5. The Hall–Kier alpha value is -2.24. The Morgan fingerprint density at radius 1 is 0.800 bits per heavy atom. The van der Waals surface area contributed by atoms with Crippen LogP contribution in [0.15, 0.2) is 42.5 Å². The number of hydrogen-bond acceptors (Lipinski definition) is 4. The first-order valence-electron chi connectivity index (χ1n) is 10.8. The van der Waals surface area contributed by atoms with E-state index in [0.29, 0.717) is 6.54 Å². The number of benzene rings is 2. The van der Waals surface area contributed by atoms with Crippen molar-refractivity contribution < 1.29 is 4.79 Å². The van der Waals surface area contributed by atoms with Crippen molar-refractivity contribution in [3.63, 3.8) is 0 Å². The Bertz CT molecular complexity index is 887. The molecule has 0 atom stereocenters. The number of nitrogens with zero attached hydrogens (tertiary/aromatic N) is 4. The van der Waals surface area contributed by atoms with Gasteiger partial charge in [0.2, 0.25) is 5.91 Å². The van der Waals surface area contributed by atoms with Crippen LogP contribution in [0.5, 0.6) is 0 Å². The van der Waals surface area contributed by atoms with Crippen LogP contribution in [0.3, 0.4) is 0 Å². The fourth-order valence-electron chi connectivity index (χ4n) is 4.42. The summed E-state index contributed by atoms with van der Waals surface area (Å²) in [6.07, 6.45) is 0. The zero-order chi connectivity index (χ0) is 21.1. The molecule has 0 unspecified atom stereocenters. The maximum Gasteiger partial charge on any atom is 0.236 e. The number of aryl methyl sites for hydroxylation is 1. The average Bonchev–Trinajstić information content (AvgIpc) is 2.77. The van der Waals surface area contributed by atoms with Crippen molar-refractivity contribution in [3.05, 3.63) is 58.6 Å². The average molecular weight is 427 g/mol. The first kappa shape index (κ1) is 21.0. The normalized spacial score (nSPS) is 18.0. The molecule has 2 aliphatic heterocycles. The van der Waals surface area contributed by atoms with Crippen LogP contribution in [0, 0.1) is 13.8 Å². The van der Waals surface area contributed by atoms with Gasteiger partial charge in [-0.25, -0.2) is 0 Å². The summed E-state index contributed by atoms with van der Waals surface area (Å²) in [7, 11) is 0. The molecule has 2 saturated heterocycles. The van der Waals surface area contributed by atoms with Crippen LogP contribution in [-0.4, -0.2) is 74.6 Å². The summed E-state index contributed by atoms with van der Waals surface area (Å²) < 4.78 is 0. The number of para-hydroxylation sites is 1. The van der Waals surface area contributed by atoms with Gasteiger partial charge in [-0.05, 0) is 43.2 Å². The van der Waals surface area contributed by atoms with Gasteiger partial charge in [-0.3, -0.25) is 9.69 Å². The molecule has 2 fully saturated rings. The van der Waals surface area contributed by atoms with Crippen LogP contribution >= 0.6 is 11.6 Å². The van der Waals surface area contributed by atoms with Crippen molar-refractivity contribution in [2.75, 3.05) is 68.7 Å². The molecule has 4 rings (SSSR count). The second kappa shape index (κ2) is 9.27. The number of carbonyl (C=O) groups excluding carboxylic acids is 1. The molecule has 5 nitrogen and oxygen atoms in total. The van der Waals surface area contributed by atoms with Gasteiger partial charge >= 0.3 is 0 Å². The highest BCUT2D eigenvalue weighted by Crippen LogP contribution is 2.26. The van der Waals surface area contributed by atoms with Crippen LogP contribution in [0.25, 0.3) is 0 Å². The SMILES string of the molecule is Cc1cccc(N2CCN(C(=O)CN3CCN(c4ccccc4Cl)CC3)CC2)c1C. The lowest BCUT2D eigenvalue weighted by atomic mass is 10.1. The highest BCUT2D eigenvalue weighted by molar-refractivity contribution is 6.33. The molecule has 1 amide bonds. The largest absolute Gasteiger partial charge is 0.368 e. The molecule has 0 spiro atoms. The van der Waals surface area contributed by atoms with Crippen LogP contribution in [0.4, 0.5) is 11.4 Å². The van der Waals surface area contributed by atoms with E-state index in [9.17, 15) is 4.79 Å². The minimum absolute atomic E-state index is 0.252. The predicted octanol–water partition coefficient (Wildman–Crippen LogP) is 3.43. The summed E-state index contributed by atoms with van der Waals surface area (Å²) in [6.45, 7) is 11.8. The molecule has 6 heteroatoms. The van der Waals surface area contributed by atoms with Gasteiger partial charge in [-0.2, -0.15) is 0 Å². The van der Waals surface area contributed by atoms with E-state index in [1.807, 2.05) is 23.1 Å². The maximum atomic E-state index is 12.9. The monoisotopic (exact) mass is 426 g/mol. The predicted molar refractivity (Wildman–Crippen MR) is 125 cm³/mol. The van der Waals surface area contributed by atoms with Gasteiger partial charge in [0.1, 0.15) is 0 Å². The van der Waals surface area contributed by atoms with Crippen LogP contribution in [-0.2, 0) is 4.79 Å². The third-order valence-corrected chi connectivity index (χ3v) is 6.79. The lowest BCUT2D eigenvalue weighted by Gasteiger charge is -2.39. The Morgan fingerprint density at radius 2 is 1.40 bits per heavy atom. The molecule has 160 valence electrons. The molecule has 0 saturated carbocycles. The second-order valence-electron chi connectivity index (χ2n) is 8.30. The molecule has 30 heavy (non-hydrogen) atoms. The molecule has 2 aliphatic rings. The number of rotatable bonds is 4. The van der Waals surface area contributed by atoms with Gasteiger partial charge in [0.15, 0.2) is 0 Å². The molecule has 0 N–H and O–H groups in total. The third-order valence-electron chi connectivity index (χ3n) is 6.47. The van der Waals surface area contributed by atoms with Crippen molar-refractivity contribution in [3.8, 4) is 0 Å². The van der Waals surface area contributed by atoms with E-state index < -0.39 is 0 Å². The van der Waals surface area contributed by atoms with Crippen LogP contribution in [0.2, 0.25) is 5.02 Å². The Labute approximate surface area is 184 Å². The van der Waals surface area contributed by atoms with E-state index >= 15 is 0 Å². The third kappa shape index (κ3) is 4.57. The van der Waals surface area contributed by atoms with Gasteiger partial charge in [0.05, 0.1) is 17.3 Å². The summed E-state index contributed by atoms with van der Waals surface area (Å²) in [5, 5.41) is 0.795. The van der Waals surface area contributed by atoms with E-state index in [4.69, 9.17) is 11.6 Å². The van der Waals surface area contributed by atoms with Crippen molar-refractivity contribution in [1.82, 2.24) is 9.80 Å². The van der Waals surface area contributed by atoms with Crippen molar-refractivity contribution in [2.24, 2.45) is 0 Å². The van der Waals surface area contributed by atoms with Gasteiger partial charge in [-0.15, -0.1) is 0 Å². The number of anilines is 2. The van der Waals surface area contributed by atoms with E-state index in [1.165, 1.54) is 16.8 Å². The zero-order valence-corrected chi connectivity index (χ0v) is 18.7. The van der Waals surface area contributed by atoms with Gasteiger partial charge < -0.3 is 14.7 Å². The van der Waals surface area contributed by atoms with Crippen molar-refractivity contribution in [2.45, 2.75) is 13.8 Å². The first-order valence-corrected chi connectivity index (χ1v) is 11.2. The van der Waals surface area contributed by atoms with E-state index in [0.717, 1.165) is 63.1 Å². The summed E-state index contributed by atoms with van der Waals surface area (Å²) in [4.78, 5) is 21.9. The molecule has 2 aromatic carbocycles. The molecule has 0 aromatic heterocycles. The Kier molecular flexibility index (Phi) is 6.49. The van der Waals surface area contributed by atoms with Crippen molar-refractivity contribution >= 4 is 28.9 Å². The van der Waals surface area contributed by atoms with Crippen LogP contribution < -0.4 is 9.80 Å². The van der Waals surface area contributed by atoms with Gasteiger partial charge in [-0.1, -0.05) is 35.9 Å². The molecular formula is C24H31ClN4O. The van der Waals surface area contributed by atoms with Crippen molar-refractivity contribution in [1.29, 1.82) is 0 Å². The fraction of sp³-hybridized carbons (Fsp3) is 0.458. The number of amides is 1. The number of piperazine rings is 2. The lowest BCUT2D eigenvalue weighted by Crippen LogP contribution is -2.54. The van der Waals surface area contributed by atoms with Gasteiger partial charge in [0.25, 0.3) is 0 Å². The summed E-state index contributed by atoms with van der Waals surface area (Å²) in [5.74, 6) is 0.252. The molecule has 2 aromatic rings. The number of carbonyl (C=O) groups is 1. The summed E-state index contributed by atoms with van der Waals surface area (Å²) >= 11 is 6.33. The minimum Gasteiger partial charge on any atom is -0.368 e. The second-order valence-corrected chi connectivity index (χ2v) is 8.71. The van der Waals surface area contributed by atoms with E-state index in [1.54, 1.807) is 0 Å². The Balaban J connectivity index is 1.26. The van der Waals surface area contributed by atoms with E-state index in [-0.39, 0.29) is 5.91 Å². The lowest BCUT2D eigenvalue weighted by molar-refractivity contribution is -0.132.